The van der Waals surface area contributed by atoms with Crippen molar-refractivity contribution in [2.45, 2.75) is 19.8 Å². The molecule has 0 radical (unpaired) electrons. The molecule has 2 N–H and O–H groups in total. The lowest BCUT2D eigenvalue weighted by atomic mass is 9.80. The van der Waals surface area contributed by atoms with Crippen molar-refractivity contribution in [3.8, 4) is 0 Å². The van der Waals surface area contributed by atoms with Crippen LogP contribution in [0.15, 0.2) is 24.3 Å². The molecule has 1 aliphatic heterocycles. The molecule has 1 fully saturated rings. The highest BCUT2D eigenvalue weighted by Gasteiger charge is 2.41. The fourth-order valence-corrected chi connectivity index (χ4v) is 2.33. The first-order valence-electron chi connectivity index (χ1n) is 5.63. The number of carboxylic acids is 1. The first-order chi connectivity index (χ1) is 7.64. The maximum Gasteiger partial charge on any atom is 0.311 e. The van der Waals surface area contributed by atoms with Crippen LogP contribution in [0.4, 0.5) is 0 Å². The van der Waals surface area contributed by atoms with Crippen molar-refractivity contribution >= 4 is 5.97 Å². The number of rotatable bonds is 3. The molecule has 1 unspecified atom stereocenters. The van der Waals surface area contributed by atoms with Gasteiger partial charge < -0.3 is 10.4 Å². The second-order valence-electron chi connectivity index (χ2n) is 4.62. The quantitative estimate of drug-likeness (QED) is 0.812. The number of hydrogen-bond acceptors (Lipinski definition) is 2. The maximum atomic E-state index is 11.4. The fraction of sp³-hybridized carbons (Fsp3) is 0.462. The van der Waals surface area contributed by atoms with E-state index in [1.165, 1.54) is 5.56 Å². The molecule has 1 heterocycles. The molecule has 0 aliphatic carbocycles. The number of benzene rings is 1. The van der Waals surface area contributed by atoms with Gasteiger partial charge in [-0.05, 0) is 37.4 Å². The number of nitrogens with one attached hydrogen (secondary N) is 1. The van der Waals surface area contributed by atoms with Crippen molar-refractivity contribution in [2.75, 3.05) is 13.1 Å². The van der Waals surface area contributed by atoms with Gasteiger partial charge in [0.05, 0.1) is 5.41 Å². The van der Waals surface area contributed by atoms with Crippen molar-refractivity contribution in [1.82, 2.24) is 5.32 Å². The minimum atomic E-state index is -0.680. The number of hydrogen-bond donors (Lipinski definition) is 2. The van der Waals surface area contributed by atoms with Crippen molar-refractivity contribution < 1.29 is 9.90 Å². The van der Waals surface area contributed by atoms with E-state index in [1.54, 1.807) is 0 Å². The number of aliphatic carboxylic acids is 1. The molecule has 0 saturated carbocycles. The molecular formula is C13H17NO2. The number of carbonyl (C=O) groups is 1. The summed E-state index contributed by atoms with van der Waals surface area (Å²) >= 11 is 0. The zero-order valence-corrected chi connectivity index (χ0v) is 9.49. The van der Waals surface area contributed by atoms with Crippen molar-refractivity contribution in [2.24, 2.45) is 5.41 Å². The van der Waals surface area contributed by atoms with Crippen molar-refractivity contribution in [3.05, 3.63) is 35.4 Å². The molecule has 0 spiro atoms. The van der Waals surface area contributed by atoms with Crippen LogP contribution in [0.3, 0.4) is 0 Å². The highest BCUT2D eigenvalue weighted by Crippen LogP contribution is 2.31. The van der Waals surface area contributed by atoms with Crippen molar-refractivity contribution in [3.63, 3.8) is 0 Å². The zero-order valence-electron chi connectivity index (χ0n) is 9.49. The molecule has 1 aliphatic rings. The summed E-state index contributed by atoms with van der Waals surface area (Å²) < 4.78 is 0. The van der Waals surface area contributed by atoms with Crippen LogP contribution in [-0.4, -0.2) is 24.2 Å². The largest absolute Gasteiger partial charge is 0.481 e. The van der Waals surface area contributed by atoms with Crippen LogP contribution in [0.5, 0.6) is 0 Å². The van der Waals surface area contributed by atoms with E-state index in [1.807, 2.05) is 31.2 Å². The van der Waals surface area contributed by atoms with Crippen LogP contribution in [0.1, 0.15) is 17.5 Å². The van der Waals surface area contributed by atoms with Gasteiger partial charge in [0.2, 0.25) is 0 Å². The molecule has 0 aromatic heterocycles. The summed E-state index contributed by atoms with van der Waals surface area (Å²) in [6, 6.07) is 8.02. The molecule has 86 valence electrons. The second-order valence-corrected chi connectivity index (χ2v) is 4.62. The lowest BCUT2D eigenvalue weighted by molar-refractivity contribution is -0.147. The summed E-state index contributed by atoms with van der Waals surface area (Å²) in [7, 11) is 0. The molecule has 3 heteroatoms. The Kier molecular flexibility index (Phi) is 2.97. The van der Waals surface area contributed by atoms with Gasteiger partial charge in [-0.15, -0.1) is 0 Å². The van der Waals surface area contributed by atoms with E-state index in [-0.39, 0.29) is 0 Å². The minimum absolute atomic E-state index is 0.580. The summed E-state index contributed by atoms with van der Waals surface area (Å²) in [6.07, 6.45) is 1.35. The Labute approximate surface area is 95.5 Å². The molecule has 1 atom stereocenters. The standard InChI is InChI=1S/C13H17NO2/c1-10-4-2-3-5-11(10)8-13(12(15)16)6-7-14-9-13/h2-5,14H,6-9H2,1H3,(H,15,16). The topological polar surface area (TPSA) is 49.3 Å². The summed E-state index contributed by atoms with van der Waals surface area (Å²) in [6.45, 7) is 3.42. The van der Waals surface area contributed by atoms with Gasteiger partial charge in [-0.1, -0.05) is 24.3 Å². The average molecular weight is 219 g/mol. The highest BCUT2D eigenvalue weighted by molar-refractivity contribution is 5.76. The van der Waals surface area contributed by atoms with Crippen molar-refractivity contribution in [1.29, 1.82) is 0 Å². The van der Waals surface area contributed by atoms with Gasteiger partial charge in [0.1, 0.15) is 0 Å². The summed E-state index contributed by atoms with van der Waals surface area (Å²) in [4.78, 5) is 11.4. The first kappa shape index (κ1) is 11.1. The van der Waals surface area contributed by atoms with E-state index in [9.17, 15) is 9.90 Å². The normalized spacial score (nSPS) is 24.6. The molecular weight excluding hydrogens is 202 g/mol. The van der Waals surface area contributed by atoms with E-state index in [2.05, 4.69) is 5.32 Å². The van der Waals surface area contributed by atoms with Crippen LogP contribution >= 0.6 is 0 Å². The van der Waals surface area contributed by atoms with Gasteiger partial charge in [0.15, 0.2) is 0 Å². The molecule has 1 aromatic carbocycles. The zero-order chi connectivity index (χ0) is 11.6. The molecule has 0 bridgehead atoms. The predicted molar refractivity (Wildman–Crippen MR) is 62.4 cm³/mol. The predicted octanol–water partition coefficient (Wildman–Crippen LogP) is 1.60. The molecule has 0 amide bonds. The second kappa shape index (κ2) is 4.26. The van der Waals surface area contributed by atoms with Crippen LogP contribution < -0.4 is 5.32 Å². The van der Waals surface area contributed by atoms with Crippen LogP contribution in [0.2, 0.25) is 0 Å². The minimum Gasteiger partial charge on any atom is -0.481 e. The Morgan fingerprint density at radius 2 is 2.25 bits per heavy atom. The Morgan fingerprint density at radius 1 is 1.50 bits per heavy atom. The molecule has 2 rings (SSSR count). The van der Waals surface area contributed by atoms with Crippen LogP contribution in [0.25, 0.3) is 0 Å². The van der Waals surface area contributed by atoms with Crippen LogP contribution in [0, 0.1) is 12.3 Å². The number of carboxylic acid groups (broad SMARTS) is 1. The molecule has 3 nitrogen and oxygen atoms in total. The first-order valence-corrected chi connectivity index (χ1v) is 5.63. The number of aryl methyl sites for hydroxylation is 1. The maximum absolute atomic E-state index is 11.4. The van der Waals surface area contributed by atoms with E-state index < -0.39 is 11.4 Å². The Bertz CT molecular complexity index is 395. The third-order valence-electron chi connectivity index (χ3n) is 3.49. The smallest absolute Gasteiger partial charge is 0.311 e. The highest BCUT2D eigenvalue weighted by atomic mass is 16.4. The lowest BCUT2D eigenvalue weighted by Crippen LogP contribution is -2.35. The van der Waals surface area contributed by atoms with E-state index in [4.69, 9.17) is 0 Å². The summed E-state index contributed by atoms with van der Waals surface area (Å²) in [5.41, 5.74) is 1.72. The Morgan fingerprint density at radius 3 is 2.81 bits per heavy atom. The van der Waals surface area contributed by atoms with E-state index >= 15 is 0 Å². The Balaban J connectivity index is 2.25. The SMILES string of the molecule is Cc1ccccc1CC1(C(=O)O)CCNC1. The van der Waals surface area contributed by atoms with Gasteiger partial charge in [-0.25, -0.2) is 0 Å². The Hall–Kier alpha value is -1.35. The molecule has 16 heavy (non-hydrogen) atoms. The van der Waals surface area contributed by atoms with E-state index in [0.717, 1.165) is 18.5 Å². The summed E-state index contributed by atoms with van der Waals surface area (Å²) in [5, 5.41) is 12.5. The fourth-order valence-electron chi connectivity index (χ4n) is 2.33. The van der Waals surface area contributed by atoms with Crippen LogP contribution in [-0.2, 0) is 11.2 Å². The van der Waals surface area contributed by atoms with Gasteiger partial charge in [-0.3, -0.25) is 4.79 Å². The van der Waals surface area contributed by atoms with Gasteiger partial charge in [0.25, 0.3) is 0 Å². The lowest BCUT2D eigenvalue weighted by Gasteiger charge is -2.23. The van der Waals surface area contributed by atoms with E-state index in [0.29, 0.717) is 13.0 Å². The third kappa shape index (κ3) is 1.95. The van der Waals surface area contributed by atoms with Gasteiger partial charge in [0, 0.05) is 6.54 Å². The summed E-state index contributed by atoms with van der Waals surface area (Å²) in [5.74, 6) is -0.680. The third-order valence-corrected chi connectivity index (χ3v) is 3.49. The van der Waals surface area contributed by atoms with Gasteiger partial charge >= 0.3 is 5.97 Å². The molecule has 1 aromatic rings. The monoisotopic (exact) mass is 219 g/mol. The van der Waals surface area contributed by atoms with Gasteiger partial charge in [-0.2, -0.15) is 0 Å². The molecule has 1 saturated heterocycles. The average Bonchev–Trinajstić information content (AvgIpc) is 2.71.